The fourth-order valence-electron chi connectivity index (χ4n) is 1.91. The van der Waals surface area contributed by atoms with Gasteiger partial charge in [0.1, 0.15) is 0 Å². The van der Waals surface area contributed by atoms with Crippen molar-refractivity contribution in [2.75, 3.05) is 0 Å². The van der Waals surface area contributed by atoms with Crippen molar-refractivity contribution < 1.29 is 5.11 Å². The van der Waals surface area contributed by atoms with Crippen LogP contribution < -0.4 is 0 Å². The molecule has 0 aromatic heterocycles. The molecule has 0 fully saturated rings. The maximum Gasteiger partial charge on any atom is 0.0537 e. The standard InChI is InChI=1S/C10H10.C6H14O.C2H6/c1-2-6-10-8-4-3-7-9(10)5-1;1-3-5-6(7)4-2;1-2/h1-3,5-7H,4,8H2;6-7H,3-5H2,1-2H3;1-2H3. The summed E-state index contributed by atoms with van der Waals surface area (Å²) in [4.78, 5) is 0. The van der Waals surface area contributed by atoms with Crippen molar-refractivity contribution >= 4 is 6.08 Å². The Morgan fingerprint density at radius 1 is 1.16 bits per heavy atom. The first-order valence-corrected chi connectivity index (χ1v) is 7.70. The third kappa shape index (κ3) is 7.84. The van der Waals surface area contributed by atoms with Crippen molar-refractivity contribution in [3.05, 3.63) is 41.5 Å². The lowest BCUT2D eigenvalue weighted by Crippen LogP contribution is -2.01. The molecule has 1 atom stereocenters. The molecule has 2 rings (SSSR count). The monoisotopic (exact) mass is 262 g/mol. The van der Waals surface area contributed by atoms with E-state index in [2.05, 4.69) is 43.3 Å². The smallest absolute Gasteiger partial charge is 0.0537 e. The van der Waals surface area contributed by atoms with Crippen LogP contribution in [0.5, 0.6) is 0 Å². The minimum absolute atomic E-state index is 0.0509. The Balaban J connectivity index is 0.000000321. The number of hydrogen-bond donors (Lipinski definition) is 1. The van der Waals surface area contributed by atoms with Crippen LogP contribution in [0.1, 0.15) is 64.5 Å². The van der Waals surface area contributed by atoms with Crippen LogP contribution in [0.3, 0.4) is 0 Å². The van der Waals surface area contributed by atoms with Gasteiger partial charge >= 0.3 is 0 Å². The molecule has 1 aromatic carbocycles. The minimum atomic E-state index is -0.0509. The van der Waals surface area contributed by atoms with E-state index in [4.69, 9.17) is 5.11 Å². The van der Waals surface area contributed by atoms with Crippen LogP contribution in [0.4, 0.5) is 0 Å². The molecule has 1 aliphatic carbocycles. The van der Waals surface area contributed by atoms with Gasteiger partial charge in [-0.25, -0.2) is 0 Å². The number of aliphatic hydroxyl groups excluding tert-OH is 1. The highest BCUT2D eigenvalue weighted by Gasteiger charge is 2.00. The average Bonchev–Trinajstić information content (AvgIpc) is 2.50. The zero-order valence-electron chi connectivity index (χ0n) is 13.0. The summed E-state index contributed by atoms with van der Waals surface area (Å²) in [5, 5.41) is 8.86. The van der Waals surface area contributed by atoms with Crippen molar-refractivity contribution in [2.45, 2.75) is 65.9 Å². The first-order valence-electron chi connectivity index (χ1n) is 7.70. The van der Waals surface area contributed by atoms with E-state index < -0.39 is 0 Å². The molecular formula is C18H30O. The molecule has 0 saturated carbocycles. The first-order chi connectivity index (χ1) is 9.27. The van der Waals surface area contributed by atoms with Gasteiger partial charge in [0, 0.05) is 0 Å². The molecule has 19 heavy (non-hydrogen) atoms. The topological polar surface area (TPSA) is 20.2 Å². The van der Waals surface area contributed by atoms with Gasteiger partial charge in [-0.2, -0.15) is 0 Å². The second kappa shape index (κ2) is 12.0. The molecule has 0 aliphatic heterocycles. The summed E-state index contributed by atoms with van der Waals surface area (Å²) in [5.74, 6) is 0. The Labute approximate surface area is 119 Å². The predicted octanol–water partition coefficient (Wildman–Crippen LogP) is 5.23. The van der Waals surface area contributed by atoms with E-state index in [0.717, 1.165) is 19.3 Å². The number of benzene rings is 1. The molecule has 108 valence electrons. The van der Waals surface area contributed by atoms with Gasteiger partial charge in [-0.05, 0) is 36.8 Å². The highest BCUT2D eigenvalue weighted by atomic mass is 16.3. The van der Waals surface area contributed by atoms with Crippen molar-refractivity contribution in [3.8, 4) is 0 Å². The number of fused-ring (bicyclic) bond motifs is 1. The molecule has 1 N–H and O–H groups in total. The SMILES string of the molecule is C1=Cc2ccccc2CC1.CC.CCCC(O)CC. The number of aliphatic hydroxyl groups is 1. The van der Waals surface area contributed by atoms with Crippen LogP contribution in [0.2, 0.25) is 0 Å². The summed E-state index contributed by atoms with van der Waals surface area (Å²) < 4.78 is 0. The van der Waals surface area contributed by atoms with Crippen LogP contribution in [-0.4, -0.2) is 11.2 Å². The summed E-state index contributed by atoms with van der Waals surface area (Å²) in [5.41, 5.74) is 2.89. The second-order valence-corrected chi connectivity index (χ2v) is 4.49. The minimum Gasteiger partial charge on any atom is -0.393 e. The summed E-state index contributed by atoms with van der Waals surface area (Å²) in [7, 11) is 0. The number of rotatable bonds is 3. The van der Waals surface area contributed by atoms with Crippen LogP contribution in [-0.2, 0) is 6.42 Å². The Bertz CT molecular complexity index is 341. The van der Waals surface area contributed by atoms with E-state index >= 15 is 0 Å². The molecule has 1 aliphatic rings. The Kier molecular flexibility index (Phi) is 11.3. The third-order valence-corrected chi connectivity index (χ3v) is 3.03. The molecule has 0 heterocycles. The van der Waals surface area contributed by atoms with E-state index in [1.807, 2.05) is 20.8 Å². The van der Waals surface area contributed by atoms with Gasteiger partial charge in [0.2, 0.25) is 0 Å². The van der Waals surface area contributed by atoms with E-state index in [0.29, 0.717) is 0 Å². The normalized spacial score (nSPS) is 13.3. The van der Waals surface area contributed by atoms with E-state index in [-0.39, 0.29) is 6.10 Å². The van der Waals surface area contributed by atoms with Gasteiger partial charge in [-0.3, -0.25) is 0 Å². The molecule has 0 amide bonds. The van der Waals surface area contributed by atoms with Crippen LogP contribution in [0.15, 0.2) is 30.3 Å². The fourth-order valence-corrected chi connectivity index (χ4v) is 1.91. The van der Waals surface area contributed by atoms with Gasteiger partial charge in [-0.1, -0.05) is 70.5 Å². The zero-order chi connectivity index (χ0) is 14.5. The molecule has 0 spiro atoms. The number of hydrogen-bond acceptors (Lipinski definition) is 1. The maximum atomic E-state index is 8.86. The van der Waals surface area contributed by atoms with Gasteiger partial charge < -0.3 is 5.11 Å². The molecule has 0 saturated heterocycles. The van der Waals surface area contributed by atoms with Crippen molar-refractivity contribution in [1.82, 2.24) is 0 Å². The number of allylic oxidation sites excluding steroid dienone is 1. The second-order valence-electron chi connectivity index (χ2n) is 4.49. The first kappa shape index (κ1) is 17.9. The van der Waals surface area contributed by atoms with Crippen molar-refractivity contribution in [3.63, 3.8) is 0 Å². The van der Waals surface area contributed by atoms with Gasteiger partial charge in [0.25, 0.3) is 0 Å². The van der Waals surface area contributed by atoms with E-state index in [1.165, 1.54) is 24.0 Å². The molecule has 1 aromatic rings. The molecule has 0 radical (unpaired) electrons. The molecule has 1 unspecified atom stereocenters. The van der Waals surface area contributed by atoms with Gasteiger partial charge in [0.15, 0.2) is 0 Å². The largest absolute Gasteiger partial charge is 0.393 e. The maximum absolute atomic E-state index is 8.86. The highest BCUT2D eigenvalue weighted by Crippen LogP contribution is 2.17. The predicted molar refractivity (Wildman–Crippen MR) is 86.4 cm³/mol. The lowest BCUT2D eigenvalue weighted by atomic mass is 9.98. The number of aryl methyl sites for hydroxylation is 1. The molecule has 1 nitrogen and oxygen atoms in total. The van der Waals surface area contributed by atoms with Crippen LogP contribution >= 0.6 is 0 Å². The molecule has 1 heteroatoms. The zero-order valence-corrected chi connectivity index (χ0v) is 13.0. The third-order valence-electron chi connectivity index (χ3n) is 3.03. The van der Waals surface area contributed by atoms with Crippen molar-refractivity contribution in [1.29, 1.82) is 0 Å². The lowest BCUT2D eigenvalue weighted by Gasteiger charge is -2.07. The Morgan fingerprint density at radius 2 is 1.84 bits per heavy atom. The Hall–Kier alpha value is -1.08. The molecular weight excluding hydrogens is 232 g/mol. The average molecular weight is 262 g/mol. The van der Waals surface area contributed by atoms with Crippen molar-refractivity contribution in [2.24, 2.45) is 0 Å². The molecule has 0 bridgehead atoms. The van der Waals surface area contributed by atoms with E-state index in [1.54, 1.807) is 0 Å². The van der Waals surface area contributed by atoms with Crippen LogP contribution in [0, 0.1) is 0 Å². The van der Waals surface area contributed by atoms with Gasteiger partial charge in [0.05, 0.1) is 6.10 Å². The summed E-state index contributed by atoms with van der Waals surface area (Å²) >= 11 is 0. The Morgan fingerprint density at radius 3 is 2.37 bits per heavy atom. The summed E-state index contributed by atoms with van der Waals surface area (Å²) in [6.45, 7) is 8.08. The summed E-state index contributed by atoms with van der Waals surface area (Å²) in [6.07, 6.45) is 9.76. The fraction of sp³-hybridized carbons (Fsp3) is 0.556. The van der Waals surface area contributed by atoms with Gasteiger partial charge in [-0.15, -0.1) is 0 Å². The highest BCUT2D eigenvalue weighted by molar-refractivity contribution is 5.55. The van der Waals surface area contributed by atoms with E-state index in [9.17, 15) is 0 Å². The summed E-state index contributed by atoms with van der Waals surface area (Å²) in [6, 6.07) is 8.58. The lowest BCUT2D eigenvalue weighted by molar-refractivity contribution is 0.159. The van der Waals surface area contributed by atoms with Crippen LogP contribution in [0.25, 0.3) is 6.08 Å². The quantitative estimate of drug-likeness (QED) is 0.790.